The van der Waals surface area contributed by atoms with Crippen molar-refractivity contribution in [3.8, 4) is 0 Å². The fourth-order valence-corrected chi connectivity index (χ4v) is 2.97. The van der Waals surface area contributed by atoms with Crippen LogP contribution in [0.25, 0.3) is 0 Å². The van der Waals surface area contributed by atoms with E-state index in [1.807, 2.05) is 0 Å². The molecule has 0 aliphatic heterocycles. The van der Waals surface area contributed by atoms with Crippen LogP contribution in [0, 0.1) is 0 Å². The Morgan fingerprint density at radius 1 is 1.12 bits per heavy atom. The van der Waals surface area contributed by atoms with E-state index in [4.69, 9.17) is 33.2 Å². The molecule has 0 fully saturated rings. The zero-order valence-electron chi connectivity index (χ0n) is 8.15. The Morgan fingerprint density at radius 2 is 1.62 bits per heavy atom. The highest BCUT2D eigenvalue weighted by atomic mass is 35.8. The van der Waals surface area contributed by atoms with E-state index < -0.39 is 23.3 Å². The average molecular weight is 308 g/mol. The molecule has 1 atom stereocenters. The van der Waals surface area contributed by atoms with Crippen LogP contribution in [0.2, 0.25) is 0 Å². The number of hydrogen-bond donors (Lipinski definition) is 0. The minimum Gasteiger partial charge on any atom is -0.166 e. The van der Waals surface area contributed by atoms with Crippen LogP contribution in [0.4, 0.5) is 13.2 Å². The summed E-state index contributed by atoms with van der Waals surface area (Å²) in [5, 5.41) is 0. The maximum Gasteiger partial charge on any atom is 0.416 e. The van der Waals surface area contributed by atoms with Crippen LogP contribution >= 0.6 is 33.2 Å². The van der Waals surface area contributed by atoms with E-state index in [9.17, 15) is 13.2 Å². The highest BCUT2D eigenvalue weighted by Gasteiger charge is 2.40. The third-order valence-electron chi connectivity index (χ3n) is 2.22. The molecule has 0 radical (unpaired) electrons. The molecule has 1 unspecified atom stereocenters. The zero-order chi connectivity index (χ0) is 12.6. The van der Waals surface area contributed by atoms with Gasteiger partial charge >= 0.3 is 12.2 Å². The molecule has 1 aromatic carbocycles. The van der Waals surface area contributed by atoms with E-state index in [0.29, 0.717) is 0 Å². The molecule has 0 bridgehead atoms. The second-order valence-corrected chi connectivity index (χ2v) is 12.4. The molecule has 0 amide bonds. The van der Waals surface area contributed by atoms with Crippen molar-refractivity contribution in [1.82, 2.24) is 0 Å². The molecule has 0 aliphatic carbocycles. The van der Waals surface area contributed by atoms with Crippen molar-refractivity contribution in [2.45, 2.75) is 18.6 Å². The molecule has 0 nitrogen and oxygen atoms in total. The summed E-state index contributed by atoms with van der Waals surface area (Å²) in [7, 11) is 0. The van der Waals surface area contributed by atoms with Gasteiger partial charge < -0.3 is 0 Å². The van der Waals surface area contributed by atoms with Gasteiger partial charge in [0.15, 0.2) is 0 Å². The number of benzene rings is 1. The van der Waals surface area contributed by atoms with Crippen molar-refractivity contribution >= 4 is 39.2 Å². The van der Waals surface area contributed by atoms with Gasteiger partial charge in [-0.15, -0.1) is 33.2 Å². The molecule has 0 N–H and O–H groups in total. The number of alkyl halides is 3. The van der Waals surface area contributed by atoms with Gasteiger partial charge in [-0.2, -0.15) is 13.2 Å². The lowest BCUT2D eigenvalue weighted by Gasteiger charge is -2.21. The maximum absolute atomic E-state index is 12.7. The first kappa shape index (κ1) is 14.2. The van der Waals surface area contributed by atoms with Crippen LogP contribution in [-0.2, 0) is 6.18 Å². The van der Waals surface area contributed by atoms with Crippen molar-refractivity contribution in [2.24, 2.45) is 0 Å². The smallest absolute Gasteiger partial charge is 0.166 e. The molecule has 1 rings (SSSR count). The number of halogens is 6. The van der Waals surface area contributed by atoms with Crippen LogP contribution in [0.15, 0.2) is 24.3 Å². The predicted molar refractivity (Wildman–Crippen MR) is 63.2 cm³/mol. The first-order valence-electron chi connectivity index (χ1n) is 4.37. The van der Waals surface area contributed by atoms with Crippen LogP contribution in [-0.4, -0.2) is 6.00 Å². The molecule has 0 saturated carbocycles. The Balaban J connectivity index is 3.25. The summed E-state index contributed by atoms with van der Waals surface area (Å²) in [5.74, 6) is 0. The molecule has 0 spiro atoms. The SMILES string of the molecule is CC(c1ccccc1C(F)(F)F)[Si](Cl)(Cl)Cl. The molecule has 1 aromatic rings. The van der Waals surface area contributed by atoms with Crippen molar-refractivity contribution < 1.29 is 13.2 Å². The lowest BCUT2D eigenvalue weighted by atomic mass is 10.0. The standard InChI is InChI=1S/C9H8Cl3F3Si/c1-6(16(10,11)12)7-4-2-3-5-8(7)9(13,14)15/h2-6H,1H3. The first-order valence-corrected chi connectivity index (χ1v) is 9.48. The lowest BCUT2D eigenvalue weighted by molar-refractivity contribution is -0.138. The molecule has 16 heavy (non-hydrogen) atoms. The van der Waals surface area contributed by atoms with Crippen LogP contribution in [0.3, 0.4) is 0 Å². The lowest BCUT2D eigenvalue weighted by Crippen LogP contribution is -2.23. The Bertz CT molecular complexity index is 373. The van der Waals surface area contributed by atoms with E-state index in [-0.39, 0.29) is 5.56 Å². The predicted octanol–water partition coefficient (Wildman–Crippen LogP) is 5.00. The second-order valence-electron chi connectivity index (χ2n) is 3.35. The van der Waals surface area contributed by atoms with Gasteiger partial charge in [0.2, 0.25) is 0 Å². The third-order valence-corrected chi connectivity index (χ3v) is 6.46. The summed E-state index contributed by atoms with van der Waals surface area (Å²) in [5.41, 5.74) is -1.39. The Kier molecular flexibility index (Phi) is 4.22. The minimum atomic E-state index is -4.42. The number of rotatable bonds is 2. The molecular weight excluding hydrogens is 300 g/mol. The monoisotopic (exact) mass is 306 g/mol. The Hall–Kier alpha value is 0.0969. The van der Waals surface area contributed by atoms with Gasteiger partial charge in [-0.25, -0.2) is 0 Å². The summed E-state index contributed by atoms with van der Waals surface area (Å²) in [6, 6.07) is 1.98. The van der Waals surface area contributed by atoms with Crippen molar-refractivity contribution in [1.29, 1.82) is 0 Å². The van der Waals surface area contributed by atoms with E-state index in [0.717, 1.165) is 6.07 Å². The van der Waals surface area contributed by atoms with E-state index in [1.54, 1.807) is 0 Å². The summed E-state index contributed by atoms with van der Waals surface area (Å²) in [6.07, 6.45) is -4.42. The highest BCUT2D eigenvalue weighted by molar-refractivity contribution is 7.65. The van der Waals surface area contributed by atoms with Crippen molar-refractivity contribution in [3.05, 3.63) is 35.4 Å². The fraction of sp³-hybridized carbons (Fsp3) is 0.333. The molecule has 90 valence electrons. The topological polar surface area (TPSA) is 0 Å². The van der Waals surface area contributed by atoms with Gasteiger partial charge in [0.25, 0.3) is 0 Å². The summed E-state index contributed by atoms with van der Waals surface area (Å²) in [6.45, 7) is 1.50. The summed E-state index contributed by atoms with van der Waals surface area (Å²) >= 11 is 17.2. The third kappa shape index (κ3) is 3.29. The zero-order valence-corrected chi connectivity index (χ0v) is 11.4. The van der Waals surface area contributed by atoms with E-state index in [1.165, 1.54) is 25.1 Å². The van der Waals surface area contributed by atoms with Crippen molar-refractivity contribution in [3.63, 3.8) is 0 Å². The number of hydrogen-bond acceptors (Lipinski definition) is 0. The van der Waals surface area contributed by atoms with Crippen molar-refractivity contribution in [2.75, 3.05) is 0 Å². The largest absolute Gasteiger partial charge is 0.416 e. The second kappa shape index (κ2) is 4.76. The fourth-order valence-electron chi connectivity index (χ4n) is 1.31. The van der Waals surface area contributed by atoms with E-state index >= 15 is 0 Å². The van der Waals surface area contributed by atoms with Gasteiger partial charge in [0.1, 0.15) is 0 Å². The van der Waals surface area contributed by atoms with E-state index in [2.05, 4.69) is 0 Å². The Labute approximate surface area is 106 Å². The maximum atomic E-state index is 12.7. The van der Waals surface area contributed by atoms with Crippen LogP contribution in [0.1, 0.15) is 23.6 Å². The molecule has 7 heteroatoms. The molecule has 0 saturated heterocycles. The van der Waals surface area contributed by atoms with Crippen LogP contribution in [0.5, 0.6) is 0 Å². The molecule has 0 aliphatic rings. The normalized spacial score (nSPS) is 14.9. The quantitative estimate of drug-likeness (QED) is 0.532. The highest BCUT2D eigenvalue weighted by Crippen LogP contribution is 2.41. The molecule has 0 heterocycles. The van der Waals surface area contributed by atoms with Crippen LogP contribution < -0.4 is 0 Å². The van der Waals surface area contributed by atoms with Gasteiger partial charge in [-0.05, 0) is 11.6 Å². The van der Waals surface area contributed by atoms with Gasteiger partial charge in [-0.1, -0.05) is 25.1 Å². The molecular formula is C9H8Cl3F3Si. The van der Waals surface area contributed by atoms with Gasteiger partial charge in [0, 0.05) is 5.54 Å². The Morgan fingerprint density at radius 3 is 2.06 bits per heavy atom. The van der Waals surface area contributed by atoms with Gasteiger partial charge in [0.05, 0.1) is 5.56 Å². The molecule has 0 aromatic heterocycles. The minimum absolute atomic E-state index is 0.0432. The summed E-state index contributed by atoms with van der Waals surface area (Å²) in [4.78, 5) is 0. The first-order chi connectivity index (χ1) is 7.14. The van der Waals surface area contributed by atoms with Gasteiger partial charge in [-0.3, -0.25) is 0 Å². The summed E-state index contributed by atoms with van der Waals surface area (Å²) < 4.78 is 38.0. The average Bonchev–Trinajstić information content (AvgIpc) is 2.14.